The number of carboxylic acids is 1. The highest BCUT2D eigenvalue weighted by molar-refractivity contribution is 7.12. The van der Waals surface area contributed by atoms with Crippen LogP contribution in [-0.4, -0.2) is 44.4 Å². The van der Waals surface area contributed by atoms with Crippen LogP contribution < -0.4 is 5.32 Å². The zero-order valence-electron chi connectivity index (χ0n) is 12.1. The number of fused-ring (bicyclic) bond motifs is 1. The van der Waals surface area contributed by atoms with E-state index in [0.29, 0.717) is 10.9 Å². The first-order valence-electron chi connectivity index (χ1n) is 6.76. The van der Waals surface area contributed by atoms with E-state index in [0.717, 1.165) is 11.3 Å². The van der Waals surface area contributed by atoms with E-state index >= 15 is 0 Å². The van der Waals surface area contributed by atoms with Gasteiger partial charge in [-0.25, -0.2) is 4.98 Å². The Hall–Kier alpha value is -3.20. The highest BCUT2D eigenvalue weighted by Crippen LogP contribution is 2.29. The molecule has 24 heavy (non-hydrogen) atoms. The van der Waals surface area contributed by atoms with Gasteiger partial charge in [0.15, 0.2) is 5.01 Å². The summed E-state index contributed by atoms with van der Waals surface area (Å²) in [5.74, 6) is -2.32. The number of ketones is 1. The van der Waals surface area contributed by atoms with Gasteiger partial charge in [0.2, 0.25) is 5.78 Å². The topological polar surface area (TPSA) is 132 Å². The number of nitrogens with zero attached hydrogens (tertiary/aromatic N) is 1. The maximum atomic E-state index is 12.6. The monoisotopic (exact) mass is 345 g/mol. The summed E-state index contributed by atoms with van der Waals surface area (Å²) >= 11 is 0.968. The number of aromatic nitrogens is 2. The molecule has 0 unspecified atom stereocenters. The highest BCUT2D eigenvalue weighted by atomic mass is 32.1. The Balaban J connectivity index is 1.88. The smallest absolute Gasteiger partial charge is 0.322 e. The first-order valence-corrected chi connectivity index (χ1v) is 7.64. The number of amides is 1. The van der Waals surface area contributed by atoms with Crippen molar-refractivity contribution in [1.29, 1.82) is 0 Å². The van der Waals surface area contributed by atoms with E-state index in [4.69, 9.17) is 5.11 Å². The summed E-state index contributed by atoms with van der Waals surface area (Å²) in [5.41, 5.74) is 0.818. The molecule has 3 rings (SSSR count). The number of phenols is 1. The van der Waals surface area contributed by atoms with E-state index in [1.54, 1.807) is 12.1 Å². The summed E-state index contributed by atoms with van der Waals surface area (Å²) in [6.07, 6.45) is 1.47. The molecule has 2 aromatic heterocycles. The Labute approximate surface area is 138 Å². The molecule has 122 valence electrons. The van der Waals surface area contributed by atoms with Gasteiger partial charge in [0.1, 0.15) is 18.0 Å². The Kier molecular flexibility index (Phi) is 4.00. The first kappa shape index (κ1) is 15.7. The van der Waals surface area contributed by atoms with Crippen LogP contribution in [0.15, 0.2) is 29.8 Å². The number of aromatic amines is 1. The molecule has 4 N–H and O–H groups in total. The Morgan fingerprint density at radius 2 is 2.08 bits per heavy atom. The van der Waals surface area contributed by atoms with Gasteiger partial charge in [-0.3, -0.25) is 14.4 Å². The van der Waals surface area contributed by atoms with E-state index in [-0.39, 0.29) is 22.0 Å². The standard InChI is InChI=1S/C15H11N3O5S/c19-10-3-1-2-8-12(10)7(4-16-8)13(22)15-18-9(6-24-15)14(23)17-5-11(20)21/h1-4,6,16,19H,5H2,(H,17,23)(H,20,21). The Morgan fingerprint density at radius 1 is 1.29 bits per heavy atom. The van der Waals surface area contributed by atoms with Crippen LogP contribution in [0.25, 0.3) is 10.9 Å². The molecule has 8 nitrogen and oxygen atoms in total. The SMILES string of the molecule is O=C(O)CNC(=O)c1csc(C(=O)c2c[nH]c3cccc(O)c23)n1. The van der Waals surface area contributed by atoms with Gasteiger partial charge in [-0.1, -0.05) is 6.07 Å². The van der Waals surface area contributed by atoms with Crippen LogP contribution in [0.5, 0.6) is 5.75 Å². The number of carboxylic acid groups (broad SMARTS) is 1. The van der Waals surface area contributed by atoms with E-state index < -0.39 is 24.2 Å². The van der Waals surface area contributed by atoms with Crippen molar-refractivity contribution in [2.75, 3.05) is 6.54 Å². The van der Waals surface area contributed by atoms with Crippen LogP contribution in [0.2, 0.25) is 0 Å². The number of aliphatic carboxylic acids is 1. The zero-order chi connectivity index (χ0) is 17.3. The number of rotatable bonds is 5. The van der Waals surface area contributed by atoms with E-state index in [9.17, 15) is 19.5 Å². The third kappa shape index (κ3) is 2.84. The third-order valence-electron chi connectivity index (χ3n) is 3.26. The average molecular weight is 345 g/mol. The fourth-order valence-corrected chi connectivity index (χ4v) is 2.94. The number of thiazole rings is 1. The number of aromatic hydroxyl groups is 1. The minimum absolute atomic E-state index is 0.0336. The fourth-order valence-electron chi connectivity index (χ4n) is 2.19. The molecule has 9 heteroatoms. The molecule has 2 heterocycles. The van der Waals surface area contributed by atoms with Crippen LogP contribution in [0.1, 0.15) is 25.9 Å². The lowest BCUT2D eigenvalue weighted by Gasteiger charge is -1.99. The summed E-state index contributed by atoms with van der Waals surface area (Å²) in [4.78, 5) is 41.6. The number of phenolic OH excluding ortho intramolecular Hbond substituents is 1. The first-order chi connectivity index (χ1) is 11.5. The summed E-state index contributed by atoms with van der Waals surface area (Å²) in [6, 6.07) is 4.84. The second-order valence-corrected chi connectivity index (χ2v) is 5.70. The largest absolute Gasteiger partial charge is 0.507 e. The number of hydrogen-bond acceptors (Lipinski definition) is 6. The average Bonchev–Trinajstić information content (AvgIpc) is 3.19. The van der Waals surface area contributed by atoms with Gasteiger partial charge >= 0.3 is 5.97 Å². The van der Waals surface area contributed by atoms with Crippen molar-refractivity contribution in [3.63, 3.8) is 0 Å². The molecule has 1 aromatic carbocycles. The van der Waals surface area contributed by atoms with Gasteiger partial charge in [-0.05, 0) is 12.1 Å². The van der Waals surface area contributed by atoms with Gasteiger partial charge in [0, 0.05) is 17.1 Å². The molecule has 0 atom stereocenters. The predicted molar refractivity (Wildman–Crippen MR) is 85.5 cm³/mol. The van der Waals surface area contributed by atoms with Gasteiger partial charge < -0.3 is 20.5 Å². The van der Waals surface area contributed by atoms with Crippen molar-refractivity contribution in [2.45, 2.75) is 0 Å². The van der Waals surface area contributed by atoms with E-state index in [1.165, 1.54) is 17.6 Å². The van der Waals surface area contributed by atoms with Gasteiger partial charge in [-0.2, -0.15) is 0 Å². The lowest BCUT2D eigenvalue weighted by molar-refractivity contribution is -0.135. The molecule has 0 saturated carbocycles. The quantitative estimate of drug-likeness (QED) is 0.516. The van der Waals surface area contributed by atoms with Gasteiger partial charge in [0.05, 0.1) is 10.9 Å². The summed E-state index contributed by atoms with van der Waals surface area (Å²) < 4.78 is 0. The summed E-state index contributed by atoms with van der Waals surface area (Å²) in [6.45, 7) is -0.532. The van der Waals surface area contributed by atoms with Crippen molar-refractivity contribution in [2.24, 2.45) is 0 Å². The van der Waals surface area contributed by atoms with Crippen LogP contribution in [0.4, 0.5) is 0 Å². The predicted octanol–water partition coefficient (Wildman–Crippen LogP) is 1.38. The number of benzene rings is 1. The lowest BCUT2D eigenvalue weighted by atomic mass is 10.1. The number of carbonyl (C=O) groups excluding carboxylic acids is 2. The minimum Gasteiger partial charge on any atom is -0.507 e. The molecule has 0 spiro atoms. The molecule has 0 fully saturated rings. The summed E-state index contributed by atoms with van der Waals surface area (Å²) in [7, 11) is 0. The van der Waals surface area contributed by atoms with Crippen LogP contribution in [0.3, 0.4) is 0 Å². The molecular formula is C15H11N3O5S. The number of carbonyl (C=O) groups is 3. The van der Waals surface area contributed by atoms with E-state index in [2.05, 4.69) is 15.3 Å². The molecule has 1 amide bonds. The van der Waals surface area contributed by atoms with E-state index in [1.807, 2.05) is 0 Å². The molecular weight excluding hydrogens is 334 g/mol. The molecule has 0 saturated heterocycles. The molecule has 0 aliphatic rings. The molecule has 3 aromatic rings. The highest BCUT2D eigenvalue weighted by Gasteiger charge is 2.21. The molecule has 0 aliphatic carbocycles. The van der Waals surface area contributed by atoms with Crippen LogP contribution in [-0.2, 0) is 4.79 Å². The normalized spacial score (nSPS) is 10.7. The number of H-pyrrole nitrogens is 1. The second-order valence-electron chi connectivity index (χ2n) is 4.85. The van der Waals surface area contributed by atoms with Crippen molar-refractivity contribution in [3.8, 4) is 5.75 Å². The fraction of sp³-hybridized carbons (Fsp3) is 0.0667. The van der Waals surface area contributed by atoms with Crippen molar-refractivity contribution >= 4 is 39.9 Å². The van der Waals surface area contributed by atoms with Crippen LogP contribution >= 0.6 is 11.3 Å². The van der Waals surface area contributed by atoms with Crippen LogP contribution in [0, 0.1) is 0 Å². The van der Waals surface area contributed by atoms with Gasteiger partial charge in [0.25, 0.3) is 5.91 Å². The third-order valence-corrected chi connectivity index (χ3v) is 4.10. The lowest BCUT2D eigenvalue weighted by Crippen LogP contribution is -2.29. The summed E-state index contributed by atoms with van der Waals surface area (Å²) in [5, 5.41) is 22.5. The zero-order valence-corrected chi connectivity index (χ0v) is 12.9. The maximum Gasteiger partial charge on any atom is 0.322 e. The van der Waals surface area contributed by atoms with Crippen molar-refractivity contribution in [1.82, 2.24) is 15.3 Å². The Bertz CT molecular complexity index is 959. The van der Waals surface area contributed by atoms with Crippen molar-refractivity contribution in [3.05, 3.63) is 46.0 Å². The molecule has 0 radical (unpaired) electrons. The maximum absolute atomic E-state index is 12.6. The number of nitrogens with one attached hydrogen (secondary N) is 2. The molecule has 0 bridgehead atoms. The second kappa shape index (κ2) is 6.13. The van der Waals surface area contributed by atoms with Crippen molar-refractivity contribution < 1.29 is 24.6 Å². The minimum atomic E-state index is -1.18. The Morgan fingerprint density at radius 3 is 2.83 bits per heavy atom. The number of hydrogen-bond donors (Lipinski definition) is 4. The molecule has 0 aliphatic heterocycles. The van der Waals surface area contributed by atoms with Gasteiger partial charge in [-0.15, -0.1) is 11.3 Å².